The van der Waals surface area contributed by atoms with Crippen molar-refractivity contribution in [1.29, 1.82) is 0 Å². The molecule has 0 spiro atoms. The van der Waals surface area contributed by atoms with Crippen LogP contribution >= 0.6 is 15.9 Å². The lowest BCUT2D eigenvalue weighted by Gasteiger charge is -2.16. The molecule has 2 rings (SSSR count). The number of hydrogen-bond donors (Lipinski definition) is 2. The average molecular weight is 310 g/mol. The number of nitrogens with zero attached hydrogens (tertiary/aromatic N) is 1. The molecular weight excluding hydrogens is 294 g/mol. The van der Waals surface area contributed by atoms with Crippen molar-refractivity contribution in [1.82, 2.24) is 15.5 Å². The summed E-state index contributed by atoms with van der Waals surface area (Å²) in [6.45, 7) is 3.59. The van der Waals surface area contributed by atoms with Crippen molar-refractivity contribution >= 4 is 15.9 Å². The van der Waals surface area contributed by atoms with Crippen LogP contribution in [-0.4, -0.2) is 22.8 Å². The fraction of sp³-hybridized carbons (Fsp3) is 0.308. The fourth-order valence-electron chi connectivity index (χ4n) is 1.59. The molecule has 0 saturated carbocycles. The van der Waals surface area contributed by atoms with Crippen molar-refractivity contribution in [2.45, 2.75) is 19.6 Å². The molecule has 1 aromatic carbocycles. The Bertz CT molecular complexity index is 473. The van der Waals surface area contributed by atoms with Crippen molar-refractivity contribution in [3.05, 3.63) is 46.7 Å². The van der Waals surface area contributed by atoms with Crippen molar-refractivity contribution in [2.75, 3.05) is 6.54 Å². The van der Waals surface area contributed by atoms with Gasteiger partial charge in [0, 0.05) is 25.0 Å². The van der Waals surface area contributed by atoms with Crippen LogP contribution in [0.2, 0.25) is 0 Å². The summed E-state index contributed by atoms with van der Waals surface area (Å²) >= 11 is 3.47. The molecule has 0 bridgehead atoms. The molecule has 0 unspecified atom stereocenters. The summed E-state index contributed by atoms with van der Waals surface area (Å²) in [4.78, 5) is 0. The van der Waals surface area contributed by atoms with Crippen LogP contribution in [0.4, 0.5) is 0 Å². The van der Waals surface area contributed by atoms with Gasteiger partial charge in [-0.1, -0.05) is 12.1 Å². The van der Waals surface area contributed by atoms with Gasteiger partial charge in [0.25, 0.3) is 0 Å². The average Bonchev–Trinajstić information content (AvgIpc) is 2.85. The molecule has 18 heavy (non-hydrogen) atoms. The monoisotopic (exact) mass is 309 g/mol. The highest BCUT2D eigenvalue weighted by Crippen LogP contribution is 2.24. The molecule has 0 aliphatic rings. The third kappa shape index (κ3) is 3.85. The number of nitrogens with one attached hydrogen (secondary N) is 2. The van der Waals surface area contributed by atoms with Gasteiger partial charge in [-0.2, -0.15) is 5.10 Å². The van der Waals surface area contributed by atoms with Gasteiger partial charge in [-0.25, -0.2) is 0 Å². The number of hydrogen-bond acceptors (Lipinski definition) is 3. The van der Waals surface area contributed by atoms with Crippen LogP contribution in [0, 0.1) is 0 Å². The number of para-hydroxylation sites is 1. The van der Waals surface area contributed by atoms with Crippen LogP contribution in [0.5, 0.6) is 5.75 Å². The zero-order chi connectivity index (χ0) is 12.8. The van der Waals surface area contributed by atoms with Gasteiger partial charge in [0.1, 0.15) is 11.9 Å². The van der Waals surface area contributed by atoms with Gasteiger partial charge in [0.15, 0.2) is 0 Å². The Morgan fingerprint density at radius 3 is 2.94 bits per heavy atom. The molecule has 0 amide bonds. The van der Waals surface area contributed by atoms with E-state index in [1.807, 2.05) is 37.3 Å². The first-order chi connectivity index (χ1) is 8.75. The van der Waals surface area contributed by atoms with Gasteiger partial charge in [-0.05, 0) is 41.1 Å². The zero-order valence-corrected chi connectivity index (χ0v) is 11.8. The number of rotatable bonds is 6. The van der Waals surface area contributed by atoms with Crippen LogP contribution in [0.15, 0.2) is 41.0 Å². The molecule has 1 atom stereocenters. The summed E-state index contributed by atoms with van der Waals surface area (Å²) in [5, 5.41) is 10.1. The predicted molar refractivity (Wildman–Crippen MR) is 74.5 cm³/mol. The Kier molecular flexibility index (Phi) is 4.78. The third-order valence-electron chi connectivity index (χ3n) is 2.47. The normalized spacial score (nSPS) is 12.3. The molecule has 0 saturated heterocycles. The maximum Gasteiger partial charge on any atom is 0.133 e. The van der Waals surface area contributed by atoms with E-state index < -0.39 is 0 Å². The highest BCUT2D eigenvalue weighted by molar-refractivity contribution is 9.10. The summed E-state index contributed by atoms with van der Waals surface area (Å²) in [6.07, 6.45) is 1.85. The maximum atomic E-state index is 5.83. The molecule has 4 nitrogen and oxygen atoms in total. The predicted octanol–water partition coefficient (Wildman–Crippen LogP) is 2.73. The molecule has 2 aromatic rings. The number of ether oxygens (including phenoxy) is 1. The second kappa shape index (κ2) is 6.56. The Labute approximate surface area is 115 Å². The second-order valence-electron chi connectivity index (χ2n) is 4.07. The lowest BCUT2D eigenvalue weighted by Crippen LogP contribution is -2.28. The van der Waals surface area contributed by atoms with E-state index in [0.717, 1.165) is 29.0 Å². The highest BCUT2D eigenvalue weighted by Gasteiger charge is 2.06. The Balaban J connectivity index is 1.75. The van der Waals surface area contributed by atoms with E-state index >= 15 is 0 Å². The minimum Gasteiger partial charge on any atom is -0.488 e. The first kappa shape index (κ1) is 13.1. The lowest BCUT2D eigenvalue weighted by molar-refractivity contribution is 0.215. The van der Waals surface area contributed by atoms with Crippen LogP contribution in [0.25, 0.3) is 0 Å². The molecular formula is C13H16BrN3O. The quantitative estimate of drug-likeness (QED) is 0.862. The van der Waals surface area contributed by atoms with Gasteiger partial charge >= 0.3 is 0 Å². The molecule has 96 valence electrons. The maximum absolute atomic E-state index is 5.83. The number of benzene rings is 1. The molecule has 0 aliphatic carbocycles. The summed E-state index contributed by atoms with van der Waals surface area (Å²) < 4.78 is 6.81. The Morgan fingerprint density at radius 2 is 2.22 bits per heavy atom. The first-order valence-corrected chi connectivity index (χ1v) is 6.65. The molecule has 2 N–H and O–H groups in total. The number of H-pyrrole nitrogens is 1. The van der Waals surface area contributed by atoms with Gasteiger partial charge in [0.2, 0.25) is 0 Å². The topological polar surface area (TPSA) is 49.9 Å². The van der Waals surface area contributed by atoms with E-state index in [-0.39, 0.29) is 6.10 Å². The lowest BCUT2D eigenvalue weighted by atomic mass is 10.3. The summed E-state index contributed by atoms with van der Waals surface area (Å²) in [5.74, 6) is 0.869. The highest BCUT2D eigenvalue weighted by atomic mass is 79.9. The minimum absolute atomic E-state index is 0.103. The van der Waals surface area contributed by atoms with Gasteiger partial charge in [-0.15, -0.1) is 0 Å². The number of halogens is 1. The van der Waals surface area contributed by atoms with Crippen LogP contribution in [-0.2, 0) is 6.54 Å². The van der Waals surface area contributed by atoms with Crippen molar-refractivity contribution in [2.24, 2.45) is 0 Å². The van der Waals surface area contributed by atoms with E-state index in [1.165, 1.54) is 0 Å². The fourth-order valence-corrected chi connectivity index (χ4v) is 1.97. The molecule has 1 aromatic heterocycles. The van der Waals surface area contributed by atoms with E-state index in [1.54, 1.807) is 6.20 Å². The summed E-state index contributed by atoms with van der Waals surface area (Å²) in [7, 11) is 0. The van der Waals surface area contributed by atoms with Gasteiger partial charge in [-0.3, -0.25) is 5.10 Å². The Hall–Kier alpha value is -1.33. The standard InChI is InChI=1S/C13H16BrN3O/c1-10(8-15-9-11-6-7-16-17-11)18-13-5-3-2-4-12(13)14/h2-7,10,15H,8-9H2,1H3,(H,16,17)/t10-/m0/s1. The third-order valence-corrected chi connectivity index (χ3v) is 3.13. The summed E-state index contributed by atoms with van der Waals surface area (Å²) in [5.41, 5.74) is 1.07. The van der Waals surface area contributed by atoms with Crippen molar-refractivity contribution in [3.8, 4) is 5.75 Å². The molecule has 0 radical (unpaired) electrons. The SMILES string of the molecule is C[C@@H](CNCc1ccn[nH]1)Oc1ccccc1Br. The number of aromatic nitrogens is 2. The molecule has 0 fully saturated rings. The number of aromatic amines is 1. The van der Waals surface area contributed by atoms with Crippen molar-refractivity contribution in [3.63, 3.8) is 0 Å². The molecule has 5 heteroatoms. The van der Waals surface area contributed by atoms with E-state index in [2.05, 4.69) is 31.4 Å². The second-order valence-corrected chi connectivity index (χ2v) is 4.93. The minimum atomic E-state index is 0.103. The summed E-state index contributed by atoms with van der Waals surface area (Å²) in [6, 6.07) is 9.81. The molecule has 1 heterocycles. The van der Waals surface area contributed by atoms with Crippen molar-refractivity contribution < 1.29 is 4.74 Å². The van der Waals surface area contributed by atoms with E-state index in [9.17, 15) is 0 Å². The largest absolute Gasteiger partial charge is 0.488 e. The van der Waals surface area contributed by atoms with Gasteiger partial charge < -0.3 is 10.1 Å². The Morgan fingerprint density at radius 1 is 1.39 bits per heavy atom. The van der Waals surface area contributed by atoms with E-state index in [0.29, 0.717) is 0 Å². The molecule has 0 aliphatic heterocycles. The van der Waals surface area contributed by atoms with Crippen LogP contribution in [0.1, 0.15) is 12.6 Å². The zero-order valence-electron chi connectivity index (χ0n) is 10.2. The van der Waals surface area contributed by atoms with Crippen LogP contribution < -0.4 is 10.1 Å². The van der Waals surface area contributed by atoms with E-state index in [4.69, 9.17) is 4.74 Å². The smallest absolute Gasteiger partial charge is 0.133 e. The van der Waals surface area contributed by atoms with Crippen LogP contribution in [0.3, 0.4) is 0 Å². The first-order valence-electron chi connectivity index (χ1n) is 5.86. The van der Waals surface area contributed by atoms with Gasteiger partial charge in [0.05, 0.1) is 4.47 Å².